The zero-order chi connectivity index (χ0) is 22.5. The van der Waals surface area contributed by atoms with Crippen molar-refractivity contribution < 1.29 is 42.3 Å². The van der Waals surface area contributed by atoms with E-state index in [1.165, 1.54) is 41.7 Å². The molecule has 0 aliphatic carbocycles. The predicted molar refractivity (Wildman–Crippen MR) is 95.0 cm³/mol. The van der Waals surface area contributed by atoms with Gasteiger partial charge < -0.3 is 19.9 Å². The summed E-state index contributed by atoms with van der Waals surface area (Å²) in [6.07, 6.45) is -5.71. The van der Waals surface area contributed by atoms with Gasteiger partial charge in [-0.1, -0.05) is 6.07 Å². The van der Waals surface area contributed by atoms with Crippen LogP contribution in [-0.4, -0.2) is 41.2 Å². The average Bonchev–Trinajstić information content (AvgIpc) is 2.68. The third-order valence-corrected chi connectivity index (χ3v) is 3.77. The van der Waals surface area contributed by atoms with Crippen LogP contribution < -0.4 is 10.1 Å². The van der Waals surface area contributed by atoms with Gasteiger partial charge in [-0.05, 0) is 35.9 Å². The summed E-state index contributed by atoms with van der Waals surface area (Å²) in [5.74, 6) is -3.53. The van der Waals surface area contributed by atoms with Crippen molar-refractivity contribution in [3.05, 3.63) is 58.1 Å². The fraction of sp³-hybridized carbons (Fsp3) is 0.222. The number of esters is 1. The number of ether oxygens (including phenoxy) is 2. The molecule has 0 fully saturated rings. The van der Waals surface area contributed by atoms with E-state index in [0.717, 1.165) is 13.2 Å². The maximum absolute atomic E-state index is 12.5. The van der Waals surface area contributed by atoms with Crippen LogP contribution in [-0.2, 0) is 20.7 Å². The molecule has 0 aromatic heterocycles. The number of nitro groups is 1. The highest BCUT2D eigenvalue weighted by molar-refractivity contribution is 5.87. The number of aromatic hydroxyl groups is 1. The zero-order valence-corrected chi connectivity index (χ0v) is 15.3. The maximum atomic E-state index is 12.5. The van der Waals surface area contributed by atoms with E-state index in [4.69, 9.17) is 4.74 Å². The van der Waals surface area contributed by atoms with Crippen LogP contribution >= 0.6 is 0 Å². The molecule has 0 aliphatic rings. The normalized spacial score (nSPS) is 12.0. The summed E-state index contributed by atoms with van der Waals surface area (Å²) in [6, 6.07) is 7.12. The molecule has 1 atom stereocenters. The van der Waals surface area contributed by atoms with Crippen LogP contribution in [0.2, 0.25) is 0 Å². The van der Waals surface area contributed by atoms with Crippen molar-refractivity contribution in [2.24, 2.45) is 0 Å². The first kappa shape index (κ1) is 22.5. The monoisotopic (exact) mass is 428 g/mol. The lowest BCUT2D eigenvalue weighted by atomic mass is 10.0. The molecule has 0 radical (unpaired) electrons. The molecule has 0 heterocycles. The Kier molecular flexibility index (Phi) is 6.82. The molecule has 0 spiro atoms. The molecule has 2 aromatic rings. The third kappa shape index (κ3) is 5.83. The summed E-state index contributed by atoms with van der Waals surface area (Å²) >= 11 is 0. The molecule has 2 N–H and O–H groups in total. The first-order valence-electron chi connectivity index (χ1n) is 8.21. The molecule has 12 heteroatoms. The fourth-order valence-corrected chi connectivity index (χ4v) is 2.37. The molecule has 0 aliphatic heterocycles. The van der Waals surface area contributed by atoms with Crippen LogP contribution in [0, 0.1) is 10.1 Å². The number of hydrogen-bond donors (Lipinski definition) is 2. The number of nitrogens with one attached hydrogen (secondary N) is 1. The van der Waals surface area contributed by atoms with E-state index in [1.54, 1.807) is 0 Å². The Balaban J connectivity index is 2.28. The molecule has 160 valence electrons. The minimum absolute atomic E-state index is 0.0399. The van der Waals surface area contributed by atoms with Gasteiger partial charge in [-0.15, -0.1) is 0 Å². The number of carbonyl (C=O) groups is 2. The molecule has 1 amide bonds. The van der Waals surface area contributed by atoms with Gasteiger partial charge in [0.15, 0.2) is 0 Å². The lowest BCUT2D eigenvalue weighted by molar-refractivity contribution is -0.385. The van der Waals surface area contributed by atoms with Crippen LogP contribution in [0.15, 0.2) is 42.5 Å². The van der Waals surface area contributed by atoms with Crippen LogP contribution in [0.1, 0.15) is 5.56 Å². The lowest BCUT2D eigenvalue weighted by Crippen LogP contribution is -2.48. The highest BCUT2D eigenvalue weighted by Gasteiger charge is 2.41. The highest BCUT2D eigenvalue weighted by atomic mass is 19.4. The molecular weight excluding hydrogens is 413 g/mol. The summed E-state index contributed by atoms with van der Waals surface area (Å²) in [4.78, 5) is 33.5. The van der Waals surface area contributed by atoms with Gasteiger partial charge in [0.25, 0.3) is 0 Å². The second-order valence-electron chi connectivity index (χ2n) is 5.91. The van der Waals surface area contributed by atoms with Crippen LogP contribution in [0.3, 0.4) is 0 Å². The van der Waals surface area contributed by atoms with Gasteiger partial charge in [0, 0.05) is 12.5 Å². The summed E-state index contributed by atoms with van der Waals surface area (Å²) in [5.41, 5.74) is -0.441. The van der Waals surface area contributed by atoms with Crippen LogP contribution in [0.25, 0.3) is 0 Å². The van der Waals surface area contributed by atoms with Crippen LogP contribution in [0.5, 0.6) is 17.2 Å². The minimum Gasteiger partial charge on any atom is -0.508 e. The van der Waals surface area contributed by atoms with E-state index in [1.807, 2.05) is 0 Å². The first-order valence-corrected chi connectivity index (χ1v) is 8.21. The maximum Gasteiger partial charge on any atom is 0.471 e. The summed E-state index contributed by atoms with van der Waals surface area (Å²) in [7, 11) is 0.923. The summed E-state index contributed by atoms with van der Waals surface area (Å²) in [6.45, 7) is 0. The van der Waals surface area contributed by atoms with Gasteiger partial charge in [-0.2, -0.15) is 13.2 Å². The second-order valence-corrected chi connectivity index (χ2v) is 5.91. The molecular formula is C18H15F3N2O7. The molecule has 30 heavy (non-hydrogen) atoms. The van der Waals surface area contributed by atoms with E-state index in [0.29, 0.717) is 0 Å². The molecule has 2 rings (SSSR count). The summed E-state index contributed by atoms with van der Waals surface area (Å²) in [5, 5.41) is 22.1. The molecule has 9 nitrogen and oxygen atoms in total. The van der Waals surface area contributed by atoms with Gasteiger partial charge in [0.05, 0.1) is 12.0 Å². The van der Waals surface area contributed by atoms with Crippen molar-refractivity contribution in [2.45, 2.75) is 18.6 Å². The van der Waals surface area contributed by atoms with E-state index in [2.05, 4.69) is 4.74 Å². The molecule has 2 aromatic carbocycles. The minimum atomic E-state index is -5.22. The molecule has 0 saturated carbocycles. The number of alkyl halides is 3. The van der Waals surface area contributed by atoms with E-state index in [9.17, 15) is 38.0 Å². The van der Waals surface area contributed by atoms with E-state index >= 15 is 0 Å². The Labute approximate surface area is 167 Å². The zero-order valence-electron chi connectivity index (χ0n) is 15.3. The Morgan fingerprint density at radius 2 is 1.83 bits per heavy atom. The van der Waals surface area contributed by atoms with Crippen molar-refractivity contribution in [1.82, 2.24) is 5.32 Å². The smallest absolute Gasteiger partial charge is 0.471 e. The number of carbonyl (C=O) groups excluding carboxylic acids is 2. The van der Waals surface area contributed by atoms with Crippen molar-refractivity contribution in [3.8, 4) is 17.2 Å². The van der Waals surface area contributed by atoms with Crippen molar-refractivity contribution in [1.29, 1.82) is 0 Å². The Bertz CT molecular complexity index is 946. The average molecular weight is 428 g/mol. The lowest BCUT2D eigenvalue weighted by Gasteiger charge is -2.17. The Morgan fingerprint density at radius 3 is 2.37 bits per heavy atom. The number of nitro benzene ring substituents is 1. The summed E-state index contributed by atoms with van der Waals surface area (Å²) < 4.78 is 47.2. The third-order valence-electron chi connectivity index (χ3n) is 3.77. The SMILES string of the molecule is COC(=O)[C@H](Cc1ccc(Oc2ccc(O)cc2)c([N+](=O)[O-])c1)NC(=O)C(F)(F)F. The van der Waals surface area contributed by atoms with Crippen LogP contribution in [0.4, 0.5) is 18.9 Å². The van der Waals surface area contributed by atoms with Gasteiger partial charge in [0.1, 0.15) is 17.5 Å². The topological polar surface area (TPSA) is 128 Å². The largest absolute Gasteiger partial charge is 0.508 e. The van der Waals surface area contributed by atoms with Gasteiger partial charge in [-0.25, -0.2) is 4.79 Å². The number of hydrogen-bond acceptors (Lipinski definition) is 7. The number of amides is 1. The predicted octanol–water partition coefficient (Wildman–Crippen LogP) is 2.86. The number of rotatable bonds is 7. The number of methoxy groups -OCH3 is 1. The van der Waals surface area contributed by atoms with Crippen molar-refractivity contribution in [3.63, 3.8) is 0 Å². The number of benzene rings is 2. The number of phenols is 1. The Morgan fingerprint density at radius 1 is 1.20 bits per heavy atom. The van der Waals surface area contributed by atoms with Crippen molar-refractivity contribution in [2.75, 3.05) is 7.11 Å². The van der Waals surface area contributed by atoms with Gasteiger partial charge in [-0.3, -0.25) is 14.9 Å². The quantitative estimate of drug-likeness (QED) is 0.394. The fourth-order valence-electron chi connectivity index (χ4n) is 2.37. The van der Waals surface area contributed by atoms with Gasteiger partial charge in [0.2, 0.25) is 5.75 Å². The standard InChI is InChI=1S/C18H15F3N2O7/c1-29-16(25)13(22-17(26)18(19,20)21)8-10-2-7-15(14(9-10)23(27)28)30-12-5-3-11(24)4-6-12/h2-7,9,13,24H,8H2,1H3,(H,22,26)/t13-/m0/s1. The Hall–Kier alpha value is -3.83. The number of phenolic OH excluding ortho intramolecular Hbond substituents is 1. The number of halogens is 3. The number of nitrogens with zero attached hydrogens (tertiary/aromatic N) is 1. The second kappa shape index (κ2) is 9.11. The highest BCUT2D eigenvalue weighted by Crippen LogP contribution is 2.33. The molecule has 0 saturated heterocycles. The molecule has 0 bridgehead atoms. The van der Waals surface area contributed by atoms with Crippen molar-refractivity contribution >= 4 is 17.6 Å². The molecule has 0 unspecified atom stereocenters. The van der Waals surface area contributed by atoms with E-state index < -0.39 is 41.1 Å². The van der Waals surface area contributed by atoms with E-state index in [-0.39, 0.29) is 22.8 Å². The first-order chi connectivity index (χ1) is 14.0. The van der Waals surface area contributed by atoms with Gasteiger partial charge >= 0.3 is 23.7 Å².